The van der Waals surface area contributed by atoms with Crippen LogP contribution in [0.15, 0.2) is 54.6 Å². The molecule has 0 bridgehead atoms. The molecule has 0 saturated carbocycles. The monoisotopic (exact) mass is 406 g/mol. The summed E-state index contributed by atoms with van der Waals surface area (Å²) in [4.78, 5) is 0. The van der Waals surface area contributed by atoms with E-state index in [9.17, 15) is 0 Å². The fourth-order valence-corrected chi connectivity index (χ4v) is 5.18. The highest BCUT2D eigenvalue weighted by atomic mass is 31.2. The molecule has 4 heteroatoms. The van der Waals surface area contributed by atoms with Crippen molar-refractivity contribution in [3.63, 3.8) is 0 Å². The smallest absolute Gasteiger partial charge is 0.331 e. The Morgan fingerprint density at radius 1 is 0.828 bits per heavy atom. The number of aryl methyl sites for hydroxylation is 4. The zero-order valence-electron chi connectivity index (χ0n) is 17.7. The first-order valence-electron chi connectivity index (χ1n) is 9.96. The van der Waals surface area contributed by atoms with Gasteiger partial charge >= 0.3 is 8.38 Å². The minimum absolute atomic E-state index is 0.156. The first-order chi connectivity index (χ1) is 13.9. The van der Waals surface area contributed by atoms with Crippen LogP contribution in [-0.4, -0.2) is 6.35 Å². The lowest BCUT2D eigenvalue weighted by Crippen LogP contribution is -2.07. The van der Waals surface area contributed by atoms with E-state index in [-0.39, 0.29) is 5.92 Å². The van der Waals surface area contributed by atoms with Crippen LogP contribution < -0.4 is 13.8 Å². The Morgan fingerprint density at radius 2 is 1.41 bits per heavy atom. The van der Waals surface area contributed by atoms with Gasteiger partial charge in [0.1, 0.15) is 17.2 Å². The van der Waals surface area contributed by atoms with E-state index in [1.165, 1.54) is 22.3 Å². The van der Waals surface area contributed by atoms with E-state index >= 15 is 0 Å². The summed E-state index contributed by atoms with van der Waals surface area (Å²) in [6, 6.07) is 18.6. The predicted molar refractivity (Wildman–Crippen MR) is 119 cm³/mol. The third kappa shape index (κ3) is 4.11. The van der Waals surface area contributed by atoms with Gasteiger partial charge in [-0.1, -0.05) is 60.5 Å². The van der Waals surface area contributed by atoms with Crippen molar-refractivity contribution in [3.05, 3.63) is 88.0 Å². The lowest BCUT2D eigenvalue weighted by Gasteiger charge is -2.22. The van der Waals surface area contributed by atoms with E-state index in [1.807, 2.05) is 30.3 Å². The maximum absolute atomic E-state index is 6.50. The molecule has 150 valence electrons. The summed E-state index contributed by atoms with van der Waals surface area (Å²) in [6.45, 7) is 10.7. The van der Waals surface area contributed by atoms with E-state index in [2.05, 4.69) is 58.9 Å². The average molecular weight is 406 g/mol. The molecule has 0 aromatic heterocycles. The van der Waals surface area contributed by atoms with Crippen LogP contribution in [0.4, 0.5) is 0 Å². The molecule has 3 nitrogen and oxygen atoms in total. The van der Waals surface area contributed by atoms with Gasteiger partial charge in [-0.15, -0.1) is 0 Å². The van der Waals surface area contributed by atoms with Gasteiger partial charge in [0.2, 0.25) is 0 Å². The second-order valence-electron chi connectivity index (χ2n) is 7.82. The van der Waals surface area contributed by atoms with Crippen LogP contribution in [0, 0.1) is 27.7 Å². The van der Waals surface area contributed by atoms with Gasteiger partial charge in [0, 0.05) is 17.0 Å². The van der Waals surface area contributed by atoms with Gasteiger partial charge in [0.05, 0.1) is 0 Å². The third-order valence-electron chi connectivity index (χ3n) is 5.29. The molecule has 1 heterocycles. The predicted octanol–water partition coefficient (Wildman–Crippen LogP) is 7.19. The fourth-order valence-electron chi connectivity index (χ4n) is 4.00. The molecule has 0 aliphatic carbocycles. The zero-order valence-corrected chi connectivity index (χ0v) is 18.5. The van der Waals surface area contributed by atoms with Gasteiger partial charge in [-0.05, 0) is 51.0 Å². The first kappa shape index (κ1) is 19.8. The van der Waals surface area contributed by atoms with Crippen LogP contribution in [-0.2, 0) is 0 Å². The number of fused-ring (bicyclic) bond motifs is 2. The fraction of sp³-hybridized carbons (Fsp3) is 0.280. The van der Waals surface area contributed by atoms with Crippen molar-refractivity contribution >= 4 is 8.38 Å². The molecule has 0 saturated heterocycles. The molecule has 0 fully saturated rings. The molecule has 2 atom stereocenters. The summed E-state index contributed by atoms with van der Waals surface area (Å²) in [5.41, 5.74) is 7.14. The Balaban J connectivity index is 1.84. The number of para-hydroxylation sites is 1. The second kappa shape index (κ2) is 8.08. The lowest BCUT2D eigenvalue weighted by atomic mass is 9.87. The Labute approximate surface area is 174 Å². The highest BCUT2D eigenvalue weighted by molar-refractivity contribution is 7.47. The van der Waals surface area contributed by atoms with Crippen LogP contribution in [0.5, 0.6) is 17.2 Å². The van der Waals surface area contributed by atoms with E-state index in [0.29, 0.717) is 6.35 Å². The van der Waals surface area contributed by atoms with Crippen LogP contribution in [0.1, 0.15) is 46.2 Å². The van der Waals surface area contributed by atoms with E-state index in [4.69, 9.17) is 13.8 Å². The SMILES string of the molecule is Cc1cc(C)c2c(c1)C(C)c1cc(C)cc(C)c1OP(Oc1ccccc1)CO2. The summed E-state index contributed by atoms with van der Waals surface area (Å²) in [5.74, 6) is 2.81. The number of rotatable bonds is 2. The molecule has 0 amide bonds. The van der Waals surface area contributed by atoms with Gasteiger partial charge in [-0.25, -0.2) is 0 Å². The Hall–Kier alpha value is -2.51. The second-order valence-corrected chi connectivity index (χ2v) is 9.11. The molecule has 3 aromatic rings. The van der Waals surface area contributed by atoms with Crippen molar-refractivity contribution < 1.29 is 13.8 Å². The van der Waals surface area contributed by atoms with E-state index in [0.717, 1.165) is 28.4 Å². The summed E-state index contributed by atoms with van der Waals surface area (Å²) in [5, 5.41) is 0. The van der Waals surface area contributed by atoms with Gasteiger partial charge in [-0.2, -0.15) is 0 Å². The minimum Gasteiger partial charge on any atom is -0.481 e. The number of hydrogen-bond donors (Lipinski definition) is 0. The minimum atomic E-state index is -1.31. The number of hydrogen-bond acceptors (Lipinski definition) is 3. The zero-order chi connectivity index (χ0) is 20.5. The van der Waals surface area contributed by atoms with E-state index < -0.39 is 8.38 Å². The lowest BCUT2D eigenvalue weighted by molar-refractivity contribution is 0.349. The molecule has 1 aliphatic rings. The van der Waals surface area contributed by atoms with Gasteiger partial charge < -0.3 is 13.8 Å². The van der Waals surface area contributed by atoms with Crippen LogP contribution in [0.25, 0.3) is 0 Å². The molecular weight excluding hydrogens is 379 g/mol. The highest BCUT2D eigenvalue weighted by Gasteiger charge is 2.28. The third-order valence-corrected chi connectivity index (χ3v) is 6.43. The summed E-state index contributed by atoms with van der Waals surface area (Å²) >= 11 is 0. The quantitative estimate of drug-likeness (QED) is 0.422. The number of ether oxygens (including phenoxy) is 1. The Bertz CT molecular complexity index is 1030. The van der Waals surface area contributed by atoms with Crippen LogP contribution in [0.3, 0.4) is 0 Å². The standard InChI is InChI=1S/C25H27O3P/c1-16-11-18(3)24-22(13-16)20(5)23-14-17(2)12-19(4)25(23)28-29(15-26-24)27-21-9-7-6-8-10-21/h6-14,20H,15H2,1-5H3. The average Bonchev–Trinajstić information content (AvgIpc) is 2.73. The Morgan fingerprint density at radius 3 is 2.07 bits per heavy atom. The molecule has 2 unspecified atom stereocenters. The van der Waals surface area contributed by atoms with Crippen LogP contribution in [0.2, 0.25) is 0 Å². The number of benzene rings is 3. The van der Waals surface area contributed by atoms with E-state index in [1.54, 1.807) is 0 Å². The molecule has 0 N–H and O–H groups in total. The summed E-state index contributed by atoms with van der Waals surface area (Å²) in [7, 11) is -1.31. The molecule has 3 aromatic carbocycles. The highest BCUT2D eigenvalue weighted by Crippen LogP contribution is 2.49. The molecular formula is C25H27O3P. The molecule has 1 aliphatic heterocycles. The van der Waals surface area contributed by atoms with Crippen molar-refractivity contribution in [2.24, 2.45) is 0 Å². The topological polar surface area (TPSA) is 27.7 Å². The summed E-state index contributed by atoms with van der Waals surface area (Å²) < 4.78 is 19.0. The molecule has 4 rings (SSSR count). The van der Waals surface area contributed by atoms with Crippen LogP contribution >= 0.6 is 8.38 Å². The molecule has 0 radical (unpaired) electrons. The molecule has 0 spiro atoms. The first-order valence-corrected chi connectivity index (χ1v) is 11.3. The molecule has 29 heavy (non-hydrogen) atoms. The maximum Gasteiger partial charge on any atom is 0.331 e. The normalized spacial score (nSPS) is 18.2. The van der Waals surface area contributed by atoms with Crippen molar-refractivity contribution in [2.75, 3.05) is 6.35 Å². The van der Waals surface area contributed by atoms with Crippen molar-refractivity contribution in [3.8, 4) is 17.2 Å². The van der Waals surface area contributed by atoms with Crippen molar-refractivity contribution in [1.82, 2.24) is 0 Å². The van der Waals surface area contributed by atoms with Gasteiger partial charge in [-0.3, -0.25) is 0 Å². The van der Waals surface area contributed by atoms with Crippen molar-refractivity contribution in [2.45, 2.75) is 40.5 Å². The summed E-state index contributed by atoms with van der Waals surface area (Å²) in [6.07, 6.45) is 0.376. The maximum atomic E-state index is 6.50. The van der Waals surface area contributed by atoms with Gasteiger partial charge in [0.15, 0.2) is 6.35 Å². The largest absolute Gasteiger partial charge is 0.481 e. The van der Waals surface area contributed by atoms with Gasteiger partial charge in [0.25, 0.3) is 0 Å². The Kier molecular flexibility index (Phi) is 5.52. The van der Waals surface area contributed by atoms with Crippen molar-refractivity contribution in [1.29, 1.82) is 0 Å².